The second kappa shape index (κ2) is 7.84. The number of benzene rings is 1. The van der Waals surface area contributed by atoms with Crippen LogP contribution in [0.5, 0.6) is 0 Å². The quantitative estimate of drug-likeness (QED) is 0.371. The summed E-state index contributed by atoms with van der Waals surface area (Å²) < 4.78 is 8.33. The van der Waals surface area contributed by atoms with Crippen LogP contribution < -0.4 is 11.2 Å². The van der Waals surface area contributed by atoms with Crippen LogP contribution in [0.3, 0.4) is 0 Å². The number of aromatic nitrogens is 5. The number of amides is 1. The van der Waals surface area contributed by atoms with Crippen LogP contribution in [0.2, 0.25) is 0 Å². The van der Waals surface area contributed by atoms with E-state index in [-0.39, 0.29) is 11.7 Å². The maximum atomic E-state index is 12.5. The molecule has 9 nitrogen and oxygen atoms in total. The number of para-hydroxylation sites is 1. The van der Waals surface area contributed by atoms with Crippen molar-refractivity contribution < 1.29 is 9.21 Å². The lowest BCUT2D eigenvalue weighted by Crippen LogP contribution is -2.18. The molecule has 3 aromatic heterocycles. The number of carbonyl (C=O) groups is 1. The van der Waals surface area contributed by atoms with Crippen LogP contribution in [0, 0.1) is 13.8 Å². The van der Waals surface area contributed by atoms with Crippen molar-refractivity contribution in [2.24, 2.45) is 0 Å². The van der Waals surface area contributed by atoms with E-state index >= 15 is 0 Å². The van der Waals surface area contributed by atoms with Crippen molar-refractivity contribution in [3.63, 3.8) is 0 Å². The van der Waals surface area contributed by atoms with E-state index in [1.54, 1.807) is 17.0 Å². The lowest BCUT2D eigenvalue weighted by atomic mass is 10.2. The number of nitrogens with two attached hydrogens (primary N) is 1. The Morgan fingerprint density at radius 3 is 2.72 bits per heavy atom. The summed E-state index contributed by atoms with van der Waals surface area (Å²) in [4.78, 5) is 12.5. The van der Waals surface area contributed by atoms with Crippen molar-refractivity contribution in [3.8, 4) is 17.1 Å². The number of thioether (sulfide) groups is 1. The van der Waals surface area contributed by atoms with Gasteiger partial charge in [0, 0.05) is 6.07 Å². The van der Waals surface area contributed by atoms with E-state index < -0.39 is 0 Å². The monoisotopic (exact) mass is 409 g/mol. The molecule has 0 bridgehead atoms. The summed E-state index contributed by atoms with van der Waals surface area (Å²) in [6, 6.07) is 13.2. The number of anilines is 1. The van der Waals surface area contributed by atoms with E-state index in [0.29, 0.717) is 22.6 Å². The van der Waals surface area contributed by atoms with E-state index in [0.717, 1.165) is 16.9 Å². The highest BCUT2D eigenvalue weighted by atomic mass is 32.2. The molecule has 0 atom stereocenters. The Morgan fingerprint density at radius 2 is 2.00 bits per heavy atom. The smallest absolute Gasteiger partial charge is 0.236 e. The van der Waals surface area contributed by atoms with Crippen molar-refractivity contribution in [1.82, 2.24) is 24.7 Å². The average molecular weight is 409 g/mol. The summed E-state index contributed by atoms with van der Waals surface area (Å²) in [5.41, 5.74) is 2.43. The van der Waals surface area contributed by atoms with Gasteiger partial charge < -0.3 is 15.6 Å². The maximum Gasteiger partial charge on any atom is 0.236 e. The number of carbonyl (C=O) groups excluding carboxylic acids is 1. The maximum absolute atomic E-state index is 12.5. The first-order valence-electron chi connectivity index (χ1n) is 8.82. The first-order valence-corrected chi connectivity index (χ1v) is 9.81. The van der Waals surface area contributed by atoms with E-state index in [1.807, 2.05) is 50.2 Å². The molecular formula is C19H19N7O2S. The topological polar surface area (TPSA) is 117 Å². The summed E-state index contributed by atoms with van der Waals surface area (Å²) in [5.74, 6) is 7.80. The zero-order valence-corrected chi connectivity index (χ0v) is 16.7. The summed E-state index contributed by atoms with van der Waals surface area (Å²) in [5, 5.41) is 15.9. The molecule has 4 rings (SSSR count). The number of nitrogens with zero attached hydrogens (tertiary/aromatic N) is 5. The van der Waals surface area contributed by atoms with Gasteiger partial charge in [0.05, 0.1) is 29.0 Å². The summed E-state index contributed by atoms with van der Waals surface area (Å²) in [7, 11) is 0. The molecule has 0 saturated heterocycles. The molecule has 0 aliphatic heterocycles. The van der Waals surface area contributed by atoms with Gasteiger partial charge in [0.25, 0.3) is 0 Å². The number of aryl methyl sites for hydroxylation is 2. The van der Waals surface area contributed by atoms with Gasteiger partial charge in [0.2, 0.25) is 11.1 Å². The molecule has 0 aliphatic rings. The van der Waals surface area contributed by atoms with Crippen molar-refractivity contribution in [1.29, 1.82) is 0 Å². The fourth-order valence-electron chi connectivity index (χ4n) is 2.84. The molecule has 0 fully saturated rings. The first-order chi connectivity index (χ1) is 14.0. The van der Waals surface area contributed by atoms with Gasteiger partial charge >= 0.3 is 0 Å². The fraction of sp³-hybridized carbons (Fsp3) is 0.158. The van der Waals surface area contributed by atoms with Crippen molar-refractivity contribution in [2.75, 3.05) is 16.9 Å². The Balaban J connectivity index is 1.45. The van der Waals surface area contributed by atoms with Gasteiger partial charge in [-0.15, -0.1) is 10.2 Å². The number of nitrogens with one attached hydrogen (secondary N) is 1. The van der Waals surface area contributed by atoms with Gasteiger partial charge in [-0.05, 0) is 32.0 Å². The summed E-state index contributed by atoms with van der Waals surface area (Å²) >= 11 is 1.20. The second-order valence-electron chi connectivity index (χ2n) is 6.32. The lowest BCUT2D eigenvalue weighted by Gasteiger charge is -2.08. The zero-order chi connectivity index (χ0) is 20.4. The molecule has 1 aromatic carbocycles. The van der Waals surface area contributed by atoms with Crippen LogP contribution in [0.15, 0.2) is 58.3 Å². The van der Waals surface area contributed by atoms with Crippen LogP contribution in [-0.2, 0) is 4.79 Å². The Bertz CT molecular complexity index is 1150. The largest absolute Gasteiger partial charge is 0.469 e. The highest BCUT2D eigenvalue weighted by molar-refractivity contribution is 7.99. The van der Waals surface area contributed by atoms with E-state index in [1.165, 1.54) is 16.4 Å². The number of nitrogen functional groups attached to an aromatic ring is 1. The summed E-state index contributed by atoms with van der Waals surface area (Å²) in [6.45, 7) is 3.70. The fourth-order valence-corrected chi connectivity index (χ4v) is 3.50. The molecule has 0 aliphatic carbocycles. The van der Waals surface area contributed by atoms with Gasteiger partial charge in [0.15, 0.2) is 5.82 Å². The lowest BCUT2D eigenvalue weighted by molar-refractivity contribution is -0.113. The minimum atomic E-state index is -0.198. The third kappa shape index (κ3) is 3.87. The van der Waals surface area contributed by atoms with Gasteiger partial charge in [0.1, 0.15) is 11.6 Å². The molecule has 3 heterocycles. The molecular weight excluding hydrogens is 390 g/mol. The second-order valence-corrected chi connectivity index (χ2v) is 7.26. The molecule has 148 valence electrons. The van der Waals surface area contributed by atoms with Crippen molar-refractivity contribution in [3.05, 3.63) is 60.2 Å². The normalized spacial score (nSPS) is 11.0. The molecule has 0 unspecified atom stereocenters. The predicted molar refractivity (Wildman–Crippen MR) is 110 cm³/mol. The van der Waals surface area contributed by atoms with Crippen molar-refractivity contribution >= 4 is 23.5 Å². The standard InChI is InChI=1S/C19H19N7O2S/c1-12-10-16(26(24-12)14-6-4-3-5-7-14)21-17(27)11-29-19-23-22-18(25(19)20)15-8-9-28-13(15)2/h3-10H,11,20H2,1-2H3,(H,21,27). The van der Waals surface area contributed by atoms with Gasteiger partial charge in [-0.3, -0.25) is 4.79 Å². The molecule has 0 saturated carbocycles. The molecule has 1 amide bonds. The van der Waals surface area contributed by atoms with Crippen molar-refractivity contribution in [2.45, 2.75) is 19.0 Å². The number of hydrogen-bond donors (Lipinski definition) is 2. The minimum Gasteiger partial charge on any atom is -0.469 e. The van der Waals surface area contributed by atoms with Gasteiger partial charge in [-0.2, -0.15) is 5.10 Å². The molecule has 4 aromatic rings. The highest BCUT2D eigenvalue weighted by Crippen LogP contribution is 2.25. The third-order valence-corrected chi connectivity index (χ3v) is 5.14. The Hall–Kier alpha value is -3.53. The predicted octanol–water partition coefficient (Wildman–Crippen LogP) is 2.79. The van der Waals surface area contributed by atoms with E-state index in [4.69, 9.17) is 10.3 Å². The van der Waals surface area contributed by atoms with Gasteiger partial charge in [-0.25, -0.2) is 9.36 Å². The van der Waals surface area contributed by atoms with Crippen LogP contribution in [0.1, 0.15) is 11.5 Å². The first kappa shape index (κ1) is 18.8. The molecule has 0 spiro atoms. The number of furan rings is 1. The number of hydrogen-bond acceptors (Lipinski definition) is 7. The molecule has 29 heavy (non-hydrogen) atoms. The SMILES string of the molecule is Cc1cc(NC(=O)CSc2nnc(-c3ccoc3C)n2N)n(-c2ccccc2)n1. The minimum absolute atomic E-state index is 0.124. The molecule has 10 heteroatoms. The highest BCUT2D eigenvalue weighted by Gasteiger charge is 2.17. The van der Waals surface area contributed by atoms with Crippen LogP contribution in [-0.4, -0.2) is 36.3 Å². The third-order valence-electron chi connectivity index (χ3n) is 4.20. The van der Waals surface area contributed by atoms with Crippen LogP contribution >= 0.6 is 11.8 Å². The van der Waals surface area contributed by atoms with E-state index in [2.05, 4.69) is 20.6 Å². The van der Waals surface area contributed by atoms with Crippen LogP contribution in [0.25, 0.3) is 17.1 Å². The van der Waals surface area contributed by atoms with Gasteiger partial charge in [-0.1, -0.05) is 30.0 Å². The summed E-state index contributed by atoms with van der Waals surface area (Å²) in [6.07, 6.45) is 1.57. The Labute approximate surface area is 170 Å². The average Bonchev–Trinajstić information content (AvgIpc) is 3.40. The Morgan fingerprint density at radius 1 is 1.21 bits per heavy atom. The number of rotatable bonds is 6. The Kier molecular flexibility index (Phi) is 5.09. The van der Waals surface area contributed by atoms with E-state index in [9.17, 15) is 4.79 Å². The van der Waals surface area contributed by atoms with Crippen LogP contribution in [0.4, 0.5) is 5.82 Å². The zero-order valence-electron chi connectivity index (χ0n) is 15.9. The molecule has 3 N–H and O–H groups in total. The molecule has 0 radical (unpaired) electrons.